The molecule has 1 aromatic heterocycles. The molecule has 0 unspecified atom stereocenters. The Morgan fingerprint density at radius 2 is 2.35 bits per heavy atom. The second kappa shape index (κ2) is 4.84. The number of nitrogens with zero attached hydrogens (tertiary/aromatic N) is 2. The fraction of sp³-hybridized carbons (Fsp3) is 0.100. The second-order valence-corrected chi connectivity index (χ2v) is 3.69. The summed E-state index contributed by atoms with van der Waals surface area (Å²) < 4.78 is 0. The van der Waals surface area contributed by atoms with Crippen LogP contribution >= 0.6 is 11.6 Å². The molecule has 0 fully saturated rings. The summed E-state index contributed by atoms with van der Waals surface area (Å²) in [5, 5.41) is 18.4. The number of carbonyl (C=O) groups is 1. The predicted molar refractivity (Wildman–Crippen MR) is 60.7 cm³/mol. The number of amides is 1. The summed E-state index contributed by atoms with van der Waals surface area (Å²) in [5.74, 6) is 0.135. The third kappa shape index (κ3) is 2.73. The highest BCUT2D eigenvalue weighted by Gasteiger charge is 2.11. The van der Waals surface area contributed by atoms with Gasteiger partial charge in [-0.2, -0.15) is 5.10 Å². The number of aromatic hydroxyl groups is 1. The maximum Gasteiger partial charge on any atom is 0.253 e. The van der Waals surface area contributed by atoms with Crippen LogP contribution in [0.3, 0.4) is 0 Å². The number of aromatic nitrogens is 3. The molecule has 0 atom stereocenters. The van der Waals surface area contributed by atoms with Gasteiger partial charge < -0.3 is 10.4 Å². The van der Waals surface area contributed by atoms with E-state index in [1.807, 2.05) is 0 Å². The van der Waals surface area contributed by atoms with Gasteiger partial charge in [-0.25, -0.2) is 4.98 Å². The number of hydrogen-bond acceptors (Lipinski definition) is 4. The largest absolute Gasteiger partial charge is 0.508 e. The first-order valence-corrected chi connectivity index (χ1v) is 5.15. The minimum Gasteiger partial charge on any atom is -0.508 e. The normalized spacial score (nSPS) is 10.2. The fourth-order valence-electron chi connectivity index (χ4n) is 1.26. The number of hydrogen-bond donors (Lipinski definition) is 3. The molecule has 88 valence electrons. The van der Waals surface area contributed by atoms with Crippen LogP contribution in [-0.2, 0) is 6.54 Å². The Kier molecular flexibility index (Phi) is 3.24. The van der Waals surface area contributed by atoms with Gasteiger partial charge in [-0.15, -0.1) is 0 Å². The molecule has 0 aliphatic heterocycles. The van der Waals surface area contributed by atoms with Gasteiger partial charge in [0.1, 0.15) is 17.9 Å². The summed E-state index contributed by atoms with van der Waals surface area (Å²) in [4.78, 5) is 15.6. The molecule has 0 saturated heterocycles. The van der Waals surface area contributed by atoms with E-state index in [-0.39, 0.29) is 28.8 Å². The minimum atomic E-state index is -0.387. The molecule has 6 nitrogen and oxygen atoms in total. The quantitative estimate of drug-likeness (QED) is 0.763. The standard InChI is InChI=1S/C10H9ClN4O2/c11-8-2-1-6(16)3-7(8)10(17)12-4-9-13-5-14-15-9/h1-3,5,16H,4H2,(H,12,17)(H,13,14,15). The number of aromatic amines is 1. The van der Waals surface area contributed by atoms with E-state index in [4.69, 9.17) is 11.6 Å². The van der Waals surface area contributed by atoms with Crippen molar-refractivity contribution in [1.29, 1.82) is 0 Å². The third-order valence-electron chi connectivity index (χ3n) is 2.08. The van der Waals surface area contributed by atoms with Crippen molar-refractivity contribution in [3.8, 4) is 5.75 Å². The second-order valence-electron chi connectivity index (χ2n) is 3.28. The molecule has 0 spiro atoms. The van der Waals surface area contributed by atoms with E-state index in [1.165, 1.54) is 24.5 Å². The molecular weight excluding hydrogens is 244 g/mol. The number of rotatable bonds is 3. The highest BCUT2D eigenvalue weighted by molar-refractivity contribution is 6.33. The fourth-order valence-corrected chi connectivity index (χ4v) is 1.47. The van der Waals surface area contributed by atoms with E-state index in [1.54, 1.807) is 0 Å². The van der Waals surface area contributed by atoms with E-state index in [2.05, 4.69) is 20.5 Å². The van der Waals surface area contributed by atoms with Crippen LogP contribution in [0.25, 0.3) is 0 Å². The molecule has 0 saturated carbocycles. The van der Waals surface area contributed by atoms with Gasteiger partial charge in [-0.3, -0.25) is 9.89 Å². The number of phenols is 1. The maximum absolute atomic E-state index is 11.7. The van der Waals surface area contributed by atoms with Gasteiger partial charge in [0.05, 0.1) is 17.1 Å². The number of halogens is 1. The maximum atomic E-state index is 11.7. The van der Waals surface area contributed by atoms with Gasteiger partial charge in [0.15, 0.2) is 0 Å². The summed E-state index contributed by atoms with van der Waals surface area (Å²) >= 11 is 5.84. The average Bonchev–Trinajstić information content (AvgIpc) is 2.82. The zero-order valence-electron chi connectivity index (χ0n) is 8.64. The number of nitrogens with one attached hydrogen (secondary N) is 2. The van der Waals surface area contributed by atoms with Crippen LogP contribution in [0.4, 0.5) is 0 Å². The van der Waals surface area contributed by atoms with Crippen molar-refractivity contribution in [1.82, 2.24) is 20.5 Å². The van der Waals surface area contributed by atoms with E-state index >= 15 is 0 Å². The van der Waals surface area contributed by atoms with Crippen LogP contribution < -0.4 is 5.32 Å². The molecule has 1 amide bonds. The molecule has 17 heavy (non-hydrogen) atoms. The smallest absolute Gasteiger partial charge is 0.253 e. The van der Waals surface area contributed by atoms with Crippen molar-refractivity contribution in [3.05, 3.63) is 40.9 Å². The van der Waals surface area contributed by atoms with Gasteiger partial charge in [-0.05, 0) is 18.2 Å². The molecule has 0 bridgehead atoms. The van der Waals surface area contributed by atoms with Crippen LogP contribution in [0.1, 0.15) is 16.2 Å². The number of benzene rings is 1. The summed E-state index contributed by atoms with van der Waals surface area (Å²) in [6, 6.07) is 4.17. The topological polar surface area (TPSA) is 90.9 Å². The molecular formula is C10H9ClN4O2. The Bertz CT molecular complexity index is 527. The lowest BCUT2D eigenvalue weighted by molar-refractivity contribution is 0.0949. The summed E-state index contributed by atoms with van der Waals surface area (Å²) in [7, 11) is 0. The average molecular weight is 253 g/mol. The molecule has 3 N–H and O–H groups in total. The van der Waals surface area contributed by atoms with Gasteiger partial charge in [0.25, 0.3) is 5.91 Å². The van der Waals surface area contributed by atoms with Gasteiger partial charge in [-0.1, -0.05) is 11.6 Å². The first-order valence-electron chi connectivity index (χ1n) is 4.78. The van der Waals surface area contributed by atoms with E-state index in [9.17, 15) is 9.90 Å². The Balaban J connectivity index is 2.07. The Morgan fingerprint density at radius 3 is 3.06 bits per heavy atom. The first kappa shape index (κ1) is 11.4. The Labute approximate surface area is 102 Å². The van der Waals surface area contributed by atoms with Crippen LogP contribution in [0.2, 0.25) is 5.02 Å². The highest BCUT2D eigenvalue weighted by Crippen LogP contribution is 2.20. The van der Waals surface area contributed by atoms with E-state index in [0.717, 1.165) is 0 Å². The van der Waals surface area contributed by atoms with Crippen LogP contribution in [-0.4, -0.2) is 26.2 Å². The monoisotopic (exact) mass is 252 g/mol. The van der Waals surface area contributed by atoms with Crippen LogP contribution in [0, 0.1) is 0 Å². The van der Waals surface area contributed by atoms with Crippen molar-refractivity contribution in [2.45, 2.75) is 6.54 Å². The van der Waals surface area contributed by atoms with Crippen molar-refractivity contribution in [2.75, 3.05) is 0 Å². The number of phenolic OH excluding ortho intramolecular Hbond substituents is 1. The van der Waals surface area contributed by atoms with Crippen molar-refractivity contribution in [2.24, 2.45) is 0 Å². The lowest BCUT2D eigenvalue weighted by Crippen LogP contribution is -2.23. The molecule has 2 rings (SSSR count). The van der Waals surface area contributed by atoms with Crippen molar-refractivity contribution >= 4 is 17.5 Å². The summed E-state index contributed by atoms with van der Waals surface area (Å²) in [6.45, 7) is 0.213. The lowest BCUT2D eigenvalue weighted by Gasteiger charge is -2.05. The first-order chi connectivity index (χ1) is 8.16. The minimum absolute atomic E-state index is 0.0146. The van der Waals surface area contributed by atoms with Gasteiger partial charge >= 0.3 is 0 Å². The van der Waals surface area contributed by atoms with Gasteiger partial charge in [0, 0.05) is 0 Å². The predicted octanol–water partition coefficient (Wildman–Crippen LogP) is 1.09. The number of H-pyrrole nitrogens is 1. The summed E-state index contributed by atoms with van der Waals surface area (Å²) in [6.07, 6.45) is 1.35. The summed E-state index contributed by atoms with van der Waals surface area (Å²) in [5.41, 5.74) is 0.214. The molecule has 7 heteroatoms. The van der Waals surface area contributed by atoms with Gasteiger partial charge in [0.2, 0.25) is 0 Å². The van der Waals surface area contributed by atoms with E-state index in [0.29, 0.717) is 5.82 Å². The van der Waals surface area contributed by atoms with Crippen LogP contribution in [0.15, 0.2) is 24.5 Å². The third-order valence-corrected chi connectivity index (χ3v) is 2.41. The number of carbonyl (C=O) groups excluding carboxylic acids is 1. The molecule has 1 heterocycles. The molecule has 2 aromatic rings. The lowest BCUT2D eigenvalue weighted by atomic mass is 10.2. The zero-order valence-corrected chi connectivity index (χ0v) is 9.40. The zero-order chi connectivity index (χ0) is 12.3. The Hall–Kier alpha value is -2.08. The molecule has 0 aliphatic carbocycles. The van der Waals surface area contributed by atoms with E-state index < -0.39 is 0 Å². The van der Waals surface area contributed by atoms with Crippen molar-refractivity contribution in [3.63, 3.8) is 0 Å². The molecule has 0 radical (unpaired) electrons. The molecule has 1 aromatic carbocycles. The Morgan fingerprint density at radius 1 is 1.53 bits per heavy atom. The SMILES string of the molecule is O=C(NCc1ncn[nH]1)c1cc(O)ccc1Cl. The molecule has 0 aliphatic rings. The van der Waals surface area contributed by atoms with Crippen LogP contribution in [0.5, 0.6) is 5.75 Å². The highest BCUT2D eigenvalue weighted by atomic mass is 35.5. The van der Waals surface area contributed by atoms with Crippen molar-refractivity contribution < 1.29 is 9.90 Å².